The van der Waals surface area contributed by atoms with Crippen molar-refractivity contribution in [2.75, 3.05) is 31.1 Å². The highest BCUT2D eigenvalue weighted by Crippen LogP contribution is 2.29. The van der Waals surface area contributed by atoms with E-state index in [1.165, 1.54) is 0 Å². The third-order valence-electron chi connectivity index (χ3n) is 6.47. The van der Waals surface area contributed by atoms with Gasteiger partial charge in [0.1, 0.15) is 5.75 Å². The molecule has 1 aliphatic heterocycles. The van der Waals surface area contributed by atoms with Crippen molar-refractivity contribution in [1.82, 2.24) is 19.7 Å². The number of phenols is 1. The smallest absolute Gasteiger partial charge is 0.254 e. The molecule has 1 N–H and O–H groups in total. The third-order valence-corrected chi connectivity index (χ3v) is 6.47. The molecule has 4 aromatic rings. The summed E-state index contributed by atoms with van der Waals surface area (Å²) >= 11 is 0. The summed E-state index contributed by atoms with van der Waals surface area (Å²) in [6.07, 6.45) is 1.76. The van der Waals surface area contributed by atoms with Crippen LogP contribution < -0.4 is 4.90 Å². The van der Waals surface area contributed by atoms with E-state index >= 15 is 0 Å². The van der Waals surface area contributed by atoms with Crippen LogP contribution in [0, 0.1) is 6.92 Å². The number of anilines is 1. The number of nitrogens with zero attached hydrogens (tertiary/aromatic N) is 5. The lowest BCUT2D eigenvalue weighted by molar-refractivity contribution is 0.0748. The Bertz CT molecular complexity index is 1350. The van der Waals surface area contributed by atoms with Crippen LogP contribution in [0.2, 0.25) is 0 Å². The summed E-state index contributed by atoms with van der Waals surface area (Å²) in [5.74, 6) is 0.252. The van der Waals surface area contributed by atoms with E-state index in [4.69, 9.17) is 4.98 Å². The summed E-state index contributed by atoms with van der Waals surface area (Å²) in [6, 6.07) is 17.4. The van der Waals surface area contributed by atoms with Gasteiger partial charge in [-0.05, 0) is 44.5 Å². The maximum Gasteiger partial charge on any atom is 0.254 e. The highest BCUT2D eigenvalue weighted by atomic mass is 16.3. The molecule has 2 aromatic heterocycles. The minimum absolute atomic E-state index is 0.00102. The Kier molecular flexibility index (Phi) is 5.69. The number of hydrogen-bond acceptors (Lipinski definition) is 5. The van der Waals surface area contributed by atoms with Crippen molar-refractivity contribution < 1.29 is 9.90 Å². The standard InChI is InChI=1S/C27H29N5O2/c1-18(2)32-26-24(17-28-32)23(16-25(29-26)22-10-5-4-7-19(22)3)27(34)31-13-11-30(12-14-31)20-8-6-9-21(33)15-20/h4-10,15-18,33H,11-14H2,1-3H3. The van der Waals surface area contributed by atoms with Crippen LogP contribution in [0.4, 0.5) is 5.69 Å². The van der Waals surface area contributed by atoms with Crippen LogP contribution in [0.15, 0.2) is 60.8 Å². The summed E-state index contributed by atoms with van der Waals surface area (Å²) in [6.45, 7) is 8.82. The minimum Gasteiger partial charge on any atom is -0.508 e. The number of aryl methyl sites for hydroxylation is 1. The fourth-order valence-corrected chi connectivity index (χ4v) is 4.60. The van der Waals surface area contributed by atoms with Gasteiger partial charge in [0.25, 0.3) is 5.91 Å². The van der Waals surface area contributed by atoms with Crippen LogP contribution in [-0.2, 0) is 0 Å². The van der Waals surface area contributed by atoms with Gasteiger partial charge < -0.3 is 14.9 Å². The maximum atomic E-state index is 13.8. The fraction of sp³-hybridized carbons (Fsp3) is 0.296. The number of carbonyl (C=O) groups excluding carboxylic acids is 1. The molecule has 0 saturated carbocycles. The lowest BCUT2D eigenvalue weighted by atomic mass is 10.0. The number of aromatic nitrogens is 3. The number of rotatable bonds is 4. The molecule has 2 aromatic carbocycles. The summed E-state index contributed by atoms with van der Waals surface area (Å²) in [4.78, 5) is 22.8. The Morgan fingerprint density at radius 2 is 1.76 bits per heavy atom. The molecular formula is C27H29N5O2. The largest absolute Gasteiger partial charge is 0.508 e. The number of fused-ring (bicyclic) bond motifs is 1. The number of aromatic hydroxyl groups is 1. The zero-order chi connectivity index (χ0) is 23.8. The molecule has 1 aliphatic rings. The van der Waals surface area contributed by atoms with Gasteiger partial charge in [0.15, 0.2) is 5.65 Å². The molecule has 1 saturated heterocycles. The van der Waals surface area contributed by atoms with Gasteiger partial charge in [-0.25, -0.2) is 9.67 Å². The number of hydrogen-bond donors (Lipinski definition) is 1. The van der Waals surface area contributed by atoms with Crippen LogP contribution in [0.5, 0.6) is 5.75 Å². The summed E-state index contributed by atoms with van der Waals surface area (Å²) < 4.78 is 1.88. The second kappa shape index (κ2) is 8.82. The topological polar surface area (TPSA) is 74.5 Å². The molecule has 7 heteroatoms. The highest BCUT2D eigenvalue weighted by molar-refractivity contribution is 6.06. The zero-order valence-electron chi connectivity index (χ0n) is 19.8. The van der Waals surface area contributed by atoms with Crippen molar-refractivity contribution in [3.8, 4) is 17.0 Å². The molecular weight excluding hydrogens is 426 g/mol. The first kappa shape index (κ1) is 21.9. The molecule has 1 fully saturated rings. The van der Waals surface area contributed by atoms with Crippen molar-refractivity contribution in [2.24, 2.45) is 0 Å². The van der Waals surface area contributed by atoms with E-state index in [0.717, 1.165) is 33.5 Å². The molecule has 0 spiro atoms. The van der Waals surface area contributed by atoms with E-state index in [2.05, 4.69) is 36.8 Å². The normalized spacial score (nSPS) is 14.2. The van der Waals surface area contributed by atoms with Gasteiger partial charge in [-0.1, -0.05) is 30.3 Å². The van der Waals surface area contributed by atoms with E-state index in [1.54, 1.807) is 18.3 Å². The average molecular weight is 456 g/mol. The molecule has 0 bridgehead atoms. The first-order valence-electron chi connectivity index (χ1n) is 11.7. The molecule has 7 nitrogen and oxygen atoms in total. The fourth-order valence-electron chi connectivity index (χ4n) is 4.60. The summed E-state index contributed by atoms with van der Waals surface area (Å²) in [5, 5.41) is 15.1. The monoisotopic (exact) mass is 455 g/mol. The Morgan fingerprint density at radius 1 is 1.00 bits per heavy atom. The van der Waals surface area contributed by atoms with Gasteiger partial charge in [0.2, 0.25) is 0 Å². The van der Waals surface area contributed by atoms with Gasteiger partial charge in [-0.3, -0.25) is 4.79 Å². The molecule has 0 unspecified atom stereocenters. The number of carbonyl (C=O) groups is 1. The van der Waals surface area contributed by atoms with Crippen molar-refractivity contribution >= 4 is 22.6 Å². The van der Waals surface area contributed by atoms with Crippen LogP contribution in [0.25, 0.3) is 22.3 Å². The van der Waals surface area contributed by atoms with Crippen molar-refractivity contribution in [1.29, 1.82) is 0 Å². The third kappa shape index (κ3) is 3.98. The molecule has 0 radical (unpaired) electrons. The Morgan fingerprint density at radius 3 is 2.47 bits per heavy atom. The molecule has 0 atom stereocenters. The number of amides is 1. The molecule has 3 heterocycles. The van der Waals surface area contributed by atoms with Gasteiger partial charge in [0, 0.05) is 49.5 Å². The lowest BCUT2D eigenvalue weighted by Gasteiger charge is -2.36. The quantitative estimate of drug-likeness (QED) is 0.485. The number of piperazine rings is 1. The predicted octanol–water partition coefficient (Wildman–Crippen LogP) is 4.66. The number of benzene rings is 2. The molecule has 34 heavy (non-hydrogen) atoms. The Labute approximate surface area is 199 Å². The number of phenolic OH excluding ortho intramolecular Hbond substituents is 1. The van der Waals surface area contributed by atoms with Crippen LogP contribution in [0.1, 0.15) is 35.8 Å². The molecule has 174 valence electrons. The van der Waals surface area contributed by atoms with E-state index in [1.807, 2.05) is 46.0 Å². The minimum atomic E-state index is 0.00102. The maximum absolute atomic E-state index is 13.8. The van der Waals surface area contributed by atoms with E-state index < -0.39 is 0 Å². The van der Waals surface area contributed by atoms with Crippen LogP contribution in [0.3, 0.4) is 0 Å². The van der Waals surface area contributed by atoms with Crippen molar-refractivity contribution in [3.63, 3.8) is 0 Å². The van der Waals surface area contributed by atoms with E-state index in [9.17, 15) is 9.90 Å². The van der Waals surface area contributed by atoms with Gasteiger partial charge >= 0.3 is 0 Å². The summed E-state index contributed by atoms with van der Waals surface area (Å²) in [5.41, 5.74) is 5.26. The van der Waals surface area contributed by atoms with Crippen molar-refractivity contribution in [3.05, 3.63) is 71.9 Å². The highest BCUT2D eigenvalue weighted by Gasteiger charge is 2.26. The number of pyridine rings is 1. The van der Waals surface area contributed by atoms with Crippen LogP contribution >= 0.6 is 0 Å². The van der Waals surface area contributed by atoms with Crippen LogP contribution in [-0.4, -0.2) is 56.9 Å². The van der Waals surface area contributed by atoms with Crippen molar-refractivity contribution in [2.45, 2.75) is 26.8 Å². The lowest BCUT2D eigenvalue weighted by Crippen LogP contribution is -2.48. The second-order valence-electron chi connectivity index (χ2n) is 9.09. The van der Waals surface area contributed by atoms with Gasteiger partial charge in [-0.15, -0.1) is 0 Å². The van der Waals surface area contributed by atoms with Gasteiger partial charge in [-0.2, -0.15) is 5.10 Å². The van der Waals surface area contributed by atoms with E-state index in [0.29, 0.717) is 31.7 Å². The summed E-state index contributed by atoms with van der Waals surface area (Å²) in [7, 11) is 0. The first-order chi connectivity index (χ1) is 16.4. The second-order valence-corrected chi connectivity index (χ2v) is 9.09. The molecule has 5 rings (SSSR count). The zero-order valence-corrected chi connectivity index (χ0v) is 19.8. The average Bonchev–Trinajstić information content (AvgIpc) is 3.28. The van der Waals surface area contributed by atoms with E-state index in [-0.39, 0.29) is 17.7 Å². The molecule has 1 amide bonds. The molecule has 0 aliphatic carbocycles. The van der Waals surface area contributed by atoms with Gasteiger partial charge in [0.05, 0.1) is 22.8 Å². The Balaban J connectivity index is 1.49. The predicted molar refractivity (Wildman–Crippen MR) is 134 cm³/mol. The Hall–Kier alpha value is -3.87. The first-order valence-corrected chi connectivity index (χ1v) is 11.7. The SMILES string of the molecule is Cc1ccccc1-c1cc(C(=O)N2CCN(c3cccc(O)c3)CC2)c2cnn(C(C)C)c2n1.